The van der Waals surface area contributed by atoms with Gasteiger partial charge in [-0.1, -0.05) is 31.2 Å². The molecule has 0 atom stereocenters. The summed E-state index contributed by atoms with van der Waals surface area (Å²) in [4.78, 5) is 4.67. The molecule has 0 saturated heterocycles. The van der Waals surface area contributed by atoms with E-state index in [-0.39, 0.29) is 0 Å². The Morgan fingerprint density at radius 3 is 2.83 bits per heavy atom. The number of H-pyrrole nitrogens is 1. The smallest absolute Gasteiger partial charge is 0.194 e. The maximum Gasteiger partial charge on any atom is 0.194 e. The van der Waals surface area contributed by atoms with E-state index in [1.54, 1.807) is 0 Å². The van der Waals surface area contributed by atoms with Gasteiger partial charge in [-0.05, 0) is 12.1 Å². The quantitative estimate of drug-likeness (QED) is 0.759. The predicted molar refractivity (Wildman–Crippen MR) is 67.1 cm³/mol. The predicted octanol–water partition coefficient (Wildman–Crippen LogP) is 1.72. The maximum atomic E-state index is 4.67. The number of hydrogen-bond donors (Lipinski definition) is 1. The summed E-state index contributed by atoms with van der Waals surface area (Å²) >= 11 is 0. The van der Waals surface area contributed by atoms with Crippen LogP contribution in [0, 0.1) is 0 Å². The van der Waals surface area contributed by atoms with Crippen molar-refractivity contribution in [3.8, 4) is 0 Å². The van der Waals surface area contributed by atoms with Crippen LogP contribution in [0.15, 0.2) is 24.3 Å². The Labute approximate surface area is 104 Å². The molecule has 18 heavy (non-hydrogen) atoms. The maximum absolute atomic E-state index is 4.67. The van der Waals surface area contributed by atoms with Gasteiger partial charge in [0.15, 0.2) is 5.82 Å². The topological polar surface area (TPSA) is 72.3 Å². The summed E-state index contributed by atoms with van der Waals surface area (Å²) < 4.78 is 2.14. The van der Waals surface area contributed by atoms with Crippen molar-refractivity contribution in [3.05, 3.63) is 35.9 Å². The molecule has 6 heteroatoms. The number of benzene rings is 1. The number of rotatable bonds is 3. The largest absolute Gasteiger partial charge is 0.320 e. The van der Waals surface area contributed by atoms with Gasteiger partial charge < -0.3 is 4.57 Å². The molecule has 0 aliphatic heterocycles. The lowest BCUT2D eigenvalue weighted by Crippen LogP contribution is -2.07. The molecular weight excluding hydrogens is 228 g/mol. The molecule has 0 amide bonds. The van der Waals surface area contributed by atoms with Gasteiger partial charge in [0.25, 0.3) is 0 Å². The van der Waals surface area contributed by atoms with Crippen LogP contribution in [0.4, 0.5) is 0 Å². The van der Waals surface area contributed by atoms with Crippen LogP contribution in [-0.2, 0) is 6.54 Å². The van der Waals surface area contributed by atoms with Crippen LogP contribution < -0.4 is 0 Å². The van der Waals surface area contributed by atoms with Crippen molar-refractivity contribution in [1.82, 2.24) is 30.2 Å². The Bertz CT molecular complexity index is 652. The number of fused-ring (bicyclic) bond motifs is 1. The number of tetrazole rings is 1. The molecule has 0 radical (unpaired) electrons. The van der Waals surface area contributed by atoms with Gasteiger partial charge in [0.2, 0.25) is 0 Å². The Morgan fingerprint density at radius 1 is 1.28 bits per heavy atom. The number of hydrogen-bond acceptors (Lipinski definition) is 4. The number of para-hydroxylation sites is 2. The fourth-order valence-corrected chi connectivity index (χ4v) is 2.09. The minimum Gasteiger partial charge on any atom is -0.320 e. The molecule has 0 fully saturated rings. The Balaban J connectivity index is 2.15. The number of nitrogens with one attached hydrogen (secondary N) is 1. The third kappa shape index (κ3) is 1.75. The van der Waals surface area contributed by atoms with E-state index in [0.29, 0.717) is 18.3 Å². The van der Waals surface area contributed by atoms with E-state index in [1.807, 2.05) is 18.2 Å². The van der Waals surface area contributed by atoms with Crippen molar-refractivity contribution in [2.45, 2.75) is 26.3 Å². The van der Waals surface area contributed by atoms with Crippen LogP contribution in [0.5, 0.6) is 0 Å². The van der Waals surface area contributed by atoms with E-state index in [4.69, 9.17) is 0 Å². The average molecular weight is 242 g/mol. The van der Waals surface area contributed by atoms with E-state index in [0.717, 1.165) is 16.9 Å². The molecule has 0 aliphatic carbocycles. The average Bonchev–Trinajstić information content (AvgIpc) is 2.98. The molecule has 92 valence electrons. The third-order valence-corrected chi connectivity index (χ3v) is 2.89. The van der Waals surface area contributed by atoms with Crippen LogP contribution in [0.2, 0.25) is 0 Å². The molecule has 1 aromatic carbocycles. The number of nitrogens with zero attached hydrogens (tertiary/aromatic N) is 5. The molecule has 6 nitrogen and oxygen atoms in total. The molecular formula is C12H14N6. The zero-order chi connectivity index (χ0) is 12.5. The summed E-state index contributed by atoms with van der Waals surface area (Å²) in [6, 6.07) is 8.10. The fourth-order valence-electron chi connectivity index (χ4n) is 2.09. The molecule has 0 aliphatic rings. The fraction of sp³-hybridized carbons (Fsp3) is 0.333. The molecule has 0 bridgehead atoms. The molecule has 0 saturated carbocycles. The first-order valence-corrected chi connectivity index (χ1v) is 5.93. The first-order chi connectivity index (χ1) is 8.75. The second-order valence-electron chi connectivity index (χ2n) is 4.53. The SMILES string of the molecule is CC(C)c1nc2ccccc2n1Cc1nn[nH]n1. The van der Waals surface area contributed by atoms with Gasteiger partial charge in [0, 0.05) is 5.92 Å². The van der Waals surface area contributed by atoms with E-state index in [9.17, 15) is 0 Å². The van der Waals surface area contributed by atoms with Gasteiger partial charge in [-0.2, -0.15) is 5.21 Å². The Hall–Kier alpha value is -2.24. The lowest BCUT2D eigenvalue weighted by molar-refractivity contribution is 0.664. The Kier molecular flexibility index (Phi) is 2.55. The standard InChI is InChI=1S/C12H14N6/c1-8(2)12-13-9-5-3-4-6-10(9)18(12)7-11-14-16-17-15-11/h3-6,8H,7H2,1-2H3,(H,14,15,16,17). The monoisotopic (exact) mass is 242 g/mol. The molecule has 2 heterocycles. The summed E-state index contributed by atoms with van der Waals surface area (Å²) in [5.41, 5.74) is 2.11. The highest BCUT2D eigenvalue weighted by molar-refractivity contribution is 5.76. The van der Waals surface area contributed by atoms with E-state index in [1.165, 1.54) is 0 Å². The first kappa shape index (κ1) is 10.9. The second kappa shape index (κ2) is 4.21. The van der Waals surface area contributed by atoms with E-state index < -0.39 is 0 Å². The van der Waals surface area contributed by atoms with Crippen LogP contribution >= 0.6 is 0 Å². The third-order valence-electron chi connectivity index (χ3n) is 2.89. The molecule has 0 unspecified atom stereocenters. The highest BCUT2D eigenvalue weighted by atomic mass is 15.5. The lowest BCUT2D eigenvalue weighted by atomic mass is 10.2. The van der Waals surface area contributed by atoms with Crippen LogP contribution in [0.25, 0.3) is 11.0 Å². The number of imidazole rings is 1. The second-order valence-corrected chi connectivity index (χ2v) is 4.53. The van der Waals surface area contributed by atoms with Gasteiger partial charge in [-0.3, -0.25) is 0 Å². The van der Waals surface area contributed by atoms with Crippen molar-refractivity contribution in [2.24, 2.45) is 0 Å². The zero-order valence-electron chi connectivity index (χ0n) is 10.3. The van der Waals surface area contributed by atoms with Crippen molar-refractivity contribution in [1.29, 1.82) is 0 Å². The van der Waals surface area contributed by atoms with E-state index >= 15 is 0 Å². The number of aromatic amines is 1. The molecule has 3 aromatic rings. The van der Waals surface area contributed by atoms with Crippen LogP contribution in [0.3, 0.4) is 0 Å². The summed E-state index contributed by atoms with van der Waals surface area (Å²) in [5.74, 6) is 2.06. The highest BCUT2D eigenvalue weighted by Crippen LogP contribution is 2.22. The van der Waals surface area contributed by atoms with Crippen LogP contribution in [-0.4, -0.2) is 30.2 Å². The van der Waals surface area contributed by atoms with Crippen molar-refractivity contribution in [2.75, 3.05) is 0 Å². The summed E-state index contributed by atoms with van der Waals surface area (Å²) in [6.45, 7) is 4.85. The Morgan fingerprint density at radius 2 is 2.11 bits per heavy atom. The lowest BCUT2D eigenvalue weighted by Gasteiger charge is -2.08. The summed E-state index contributed by atoms with van der Waals surface area (Å²) in [6.07, 6.45) is 0. The molecule has 1 N–H and O–H groups in total. The van der Waals surface area contributed by atoms with Crippen molar-refractivity contribution in [3.63, 3.8) is 0 Å². The first-order valence-electron chi connectivity index (χ1n) is 5.93. The normalized spacial score (nSPS) is 11.5. The van der Waals surface area contributed by atoms with Gasteiger partial charge in [0.1, 0.15) is 5.82 Å². The highest BCUT2D eigenvalue weighted by Gasteiger charge is 2.14. The van der Waals surface area contributed by atoms with Crippen molar-refractivity contribution >= 4 is 11.0 Å². The van der Waals surface area contributed by atoms with Gasteiger partial charge in [-0.15, -0.1) is 10.2 Å². The van der Waals surface area contributed by atoms with Crippen molar-refractivity contribution < 1.29 is 0 Å². The number of aromatic nitrogens is 6. The molecule has 2 aromatic heterocycles. The zero-order valence-corrected chi connectivity index (χ0v) is 10.3. The van der Waals surface area contributed by atoms with Gasteiger partial charge in [-0.25, -0.2) is 4.98 Å². The van der Waals surface area contributed by atoms with Crippen LogP contribution in [0.1, 0.15) is 31.4 Å². The van der Waals surface area contributed by atoms with E-state index in [2.05, 4.69) is 50.1 Å². The minimum atomic E-state index is 0.351. The van der Waals surface area contributed by atoms with Gasteiger partial charge >= 0.3 is 0 Å². The molecule has 0 spiro atoms. The van der Waals surface area contributed by atoms with Gasteiger partial charge in [0.05, 0.1) is 17.6 Å². The molecule has 3 rings (SSSR count). The summed E-state index contributed by atoms with van der Waals surface area (Å²) in [5, 5.41) is 14.1. The minimum absolute atomic E-state index is 0.351. The summed E-state index contributed by atoms with van der Waals surface area (Å²) in [7, 11) is 0.